The maximum atomic E-state index is 4.07. The SMILES string of the molecule is CCn1nncc1N1CC(C)CC(Br)C1. The Bertz CT molecular complexity index is 315. The second-order valence-corrected chi connectivity index (χ2v) is 5.55. The lowest BCUT2D eigenvalue weighted by Gasteiger charge is -2.35. The molecule has 4 nitrogen and oxygen atoms in total. The molecule has 1 aliphatic heterocycles. The van der Waals surface area contributed by atoms with Crippen molar-refractivity contribution < 1.29 is 0 Å². The number of aromatic nitrogens is 3. The highest BCUT2D eigenvalue weighted by molar-refractivity contribution is 9.09. The summed E-state index contributed by atoms with van der Waals surface area (Å²) >= 11 is 3.71. The zero-order valence-corrected chi connectivity index (χ0v) is 10.8. The molecule has 1 aromatic rings. The Labute approximate surface area is 98.8 Å². The molecule has 0 amide bonds. The van der Waals surface area contributed by atoms with Crippen molar-refractivity contribution in [2.24, 2.45) is 5.92 Å². The monoisotopic (exact) mass is 272 g/mol. The van der Waals surface area contributed by atoms with Gasteiger partial charge < -0.3 is 4.90 Å². The van der Waals surface area contributed by atoms with Crippen LogP contribution in [0.2, 0.25) is 0 Å². The Balaban J connectivity index is 2.16. The summed E-state index contributed by atoms with van der Waals surface area (Å²) in [6, 6.07) is 0. The fourth-order valence-corrected chi connectivity index (χ4v) is 3.17. The second-order valence-electron chi connectivity index (χ2n) is 4.25. The van der Waals surface area contributed by atoms with Crippen LogP contribution < -0.4 is 4.90 Å². The highest BCUT2D eigenvalue weighted by Gasteiger charge is 2.24. The van der Waals surface area contributed by atoms with Gasteiger partial charge in [0, 0.05) is 24.5 Å². The van der Waals surface area contributed by atoms with Gasteiger partial charge >= 0.3 is 0 Å². The van der Waals surface area contributed by atoms with Gasteiger partial charge in [-0.25, -0.2) is 4.68 Å². The van der Waals surface area contributed by atoms with E-state index in [0.29, 0.717) is 4.83 Å². The molecule has 0 aromatic carbocycles. The molecule has 0 radical (unpaired) electrons. The summed E-state index contributed by atoms with van der Waals surface area (Å²) in [5.74, 6) is 1.87. The molecule has 2 rings (SSSR count). The van der Waals surface area contributed by atoms with Crippen molar-refractivity contribution in [1.82, 2.24) is 15.0 Å². The van der Waals surface area contributed by atoms with Gasteiger partial charge in [-0.1, -0.05) is 28.1 Å². The van der Waals surface area contributed by atoms with Crippen LogP contribution in [0.3, 0.4) is 0 Å². The van der Waals surface area contributed by atoms with Crippen molar-refractivity contribution in [2.75, 3.05) is 18.0 Å². The van der Waals surface area contributed by atoms with E-state index in [4.69, 9.17) is 0 Å². The molecule has 0 aliphatic carbocycles. The van der Waals surface area contributed by atoms with Gasteiger partial charge in [0.2, 0.25) is 0 Å². The van der Waals surface area contributed by atoms with Gasteiger partial charge in [0.1, 0.15) is 5.82 Å². The van der Waals surface area contributed by atoms with E-state index in [1.54, 1.807) is 0 Å². The first kappa shape index (κ1) is 10.9. The molecule has 0 bridgehead atoms. The van der Waals surface area contributed by atoms with Crippen LogP contribution in [-0.4, -0.2) is 32.9 Å². The molecule has 0 saturated carbocycles. The van der Waals surface area contributed by atoms with Crippen molar-refractivity contribution in [3.05, 3.63) is 6.20 Å². The summed E-state index contributed by atoms with van der Waals surface area (Å²) in [5, 5.41) is 8.04. The third kappa shape index (κ3) is 2.33. The van der Waals surface area contributed by atoms with Crippen LogP contribution in [0.5, 0.6) is 0 Å². The Morgan fingerprint density at radius 1 is 1.53 bits per heavy atom. The first-order valence-electron chi connectivity index (χ1n) is 5.48. The maximum absolute atomic E-state index is 4.07. The molecule has 5 heteroatoms. The number of piperidine rings is 1. The molecule has 84 valence electrons. The average molecular weight is 273 g/mol. The van der Waals surface area contributed by atoms with Crippen LogP contribution in [0, 0.1) is 5.92 Å². The lowest BCUT2D eigenvalue weighted by Crippen LogP contribution is -2.41. The fraction of sp³-hybridized carbons (Fsp3) is 0.800. The highest BCUT2D eigenvalue weighted by atomic mass is 79.9. The Kier molecular flexibility index (Phi) is 3.29. The minimum Gasteiger partial charge on any atom is -0.354 e. The van der Waals surface area contributed by atoms with Gasteiger partial charge in [-0.05, 0) is 19.3 Å². The lowest BCUT2D eigenvalue weighted by molar-refractivity contribution is 0.449. The van der Waals surface area contributed by atoms with E-state index in [1.165, 1.54) is 6.42 Å². The van der Waals surface area contributed by atoms with Crippen molar-refractivity contribution >= 4 is 21.7 Å². The van der Waals surface area contributed by atoms with Crippen LogP contribution >= 0.6 is 15.9 Å². The van der Waals surface area contributed by atoms with Gasteiger partial charge in [-0.2, -0.15) is 0 Å². The standard InChI is InChI=1S/C10H17BrN4/c1-3-15-10(5-12-13-15)14-6-8(2)4-9(11)7-14/h5,8-9H,3-4,6-7H2,1-2H3. The quantitative estimate of drug-likeness (QED) is 0.772. The molecule has 2 atom stereocenters. The van der Waals surface area contributed by atoms with Crippen molar-refractivity contribution in [3.63, 3.8) is 0 Å². The van der Waals surface area contributed by atoms with Crippen LogP contribution in [0.4, 0.5) is 5.82 Å². The summed E-state index contributed by atoms with van der Waals surface area (Å²) in [5.41, 5.74) is 0. The second kappa shape index (κ2) is 4.51. The van der Waals surface area contributed by atoms with E-state index in [2.05, 4.69) is 45.0 Å². The zero-order chi connectivity index (χ0) is 10.8. The summed E-state index contributed by atoms with van der Waals surface area (Å²) in [6.07, 6.45) is 3.12. The Morgan fingerprint density at radius 2 is 2.33 bits per heavy atom. The molecular formula is C10H17BrN4. The molecule has 1 saturated heterocycles. The van der Waals surface area contributed by atoms with E-state index in [0.717, 1.165) is 31.4 Å². The number of rotatable bonds is 2. The Hall–Kier alpha value is -0.580. The van der Waals surface area contributed by atoms with Gasteiger partial charge in [0.15, 0.2) is 0 Å². The number of alkyl halides is 1. The lowest BCUT2D eigenvalue weighted by atomic mass is 10.0. The predicted octanol–water partition coefficient (Wildman–Crippen LogP) is 1.91. The number of anilines is 1. The number of hydrogen-bond acceptors (Lipinski definition) is 3. The van der Waals surface area contributed by atoms with E-state index < -0.39 is 0 Å². The van der Waals surface area contributed by atoms with Gasteiger partial charge in [0.05, 0.1) is 6.20 Å². The van der Waals surface area contributed by atoms with Crippen LogP contribution in [0.25, 0.3) is 0 Å². The van der Waals surface area contributed by atoms with E-state index in [9.17, 15) is 0 Å². The molecule has 2 heterocycles. The van der Waals surface area contributed by atoms with Crippen LogP contribution in [0.15, 0.2) is 6.20 Å². The number of hydrogen-bond donors (Lipinski definition) is 0. The maximum Gasteiger partial charge on any atom is 0.147 e. The molecule has 15 heavy (non-hydrogen) atoms. The molecule has 2 unspecified atom stereocenters. The van der Waals surface area contributed by atoms with Gasteiger partial charge in [-0.15, -0.1) is 5.10 Å². The van der Waals surface area contributed by atoms with Crippen LogP contribution in [0.1, 0.15) is 20.3 Å². The van der Waals surface area contributed by atoms with Gasteiger partial charge in [0.25, 0.3) is 0 Å². The normalized spacial score (nSPS) is 27.0. The first-order chi connectivity index (χ1) is 7.20. The van der Waals surface area contributed by atoms with E-state index in [1.807, 2.05) is 10.9 Å². The average Bonchev–Trinajstić information content (AvgIpc) is 2.63. The number of aryl methyl sites for hydroxylation is 1. The van der Waals surface area contributed by atoms with Crippen LogP contribution in [-0.2, 0) is 6.54 Å². The molecule has 1 aliphatic rings. The number of halogens is 1. The molecule has 0 N–H and O–H groups in total. The number of nitrogens with zero attached hydrogens (tertiary/aromatic N) is 4. The highest BCUT2D eigenvalue weighted by Crippen LogP contribution is 2.25. The van der Waals surface area contributed by atoms with Crippen molar-refractivity contribution in [2.45, 2.75) is 31.6 Å². The third-order valence-corrected chi connectivity index (χ3v) is 3.49. The van der Waals surface area contributed by atoms with E-state index >= 15 is 0 Å². The summed E-state index contributed by atoms with van der Waals surface area (Å²) in [6.45, 7) is 7.43. The summed E-state index contributed by atoms with van der Waals surface area (Å²) in [4.78, 5) is 2.96. The smallest absolute Gasteiger partial charge is 0.147 e. The molecular weight excluding hydrogens is 256 g/mol. The Morgan fingerprint density at radius 3 is 3.00 bits per heavy atom. The molecule has 1 fully saturated rings. The minimum absolute atomic E-state index is 0.585. The zero-order valence-electron chi connectivity index (χ0n) is 9.23. The predicted molar refractivity (Wildman–Crippen MR) is 64.4 cm³/mol. The summed E-state index contributed by atoms with van der Waals surface area (Å²) < 4.78 is 1.96. The summed E-state index contributed by atoms with van der Waals surface area (Å²) in [7, 11) is 0. The first-order valence-corrected chi connectivity index (χ1v) is 6.39. The molecule has 1 aromatic heterocycles. The van der Waals surface area contributed by atoms with Crippen molar-refractivity contribution in [3.8, 4) is 0 Å². The third-order valence-electron chi connectivity index (χ3n) is 2.83. The molecule has 0 spiro atoms. The van der Waals surface area contributed by atoms with E-state index in [-0.39, 0.29) is 0 Å². The van der Waals surface area contributed by atoms with Crippen molar-refractivity contribution in [1.29, 1.82) is 0 Å². The fourth-order valence-electron chi connectivity index (χ4n) is 2.19. The van der Waals surface area contributed by atoms with Gasteiger partial charge in [-0.3, -0.25) is 0 Å². The minimum atomic E-state index is 0.585. The largest absolute Gasteiger partial charge is 0.354 e. The topological polar surface area (TPSA) is 34.0 Å².